The minimum Gasteiger partial charge on any atom is -0.303 e. The second kappa shape index (κ2) is 7.56. The molecule has 4 heteroatoms. The molecule has 0 spiro atoms. The molecule has 98 valence electrons. The summed E-state index contributed by atoms with van der Waals surface area (Å²) in [5, 5.41) is 0. The van der Waals surface area contributed by atoms with E-state index in [1.54, 1.807) is 0 Å². The molecule has 0 fully saturated rings. The van der Waals surface area contributed by atoms with Crippen molar-refractivity contribution >= 4 is 11.4 Å². The van der Waals surface area contributed by atoms with E-state index in [0.29, 0.717) is 0 Å². The third-order valence-corrected chi connectivity index (χ3v) is 3.10. The third-order valence-electron chi connectivity index (χ3n) is 3.10. The Labute approximate surface area is 105 Å². The zero-order valence-corrected chi connectivity index (χ0v) is 11.7. The Morgan fingerprint density at radius 3 is 1.59 bits per heavy atom. The summed E-state index contributed by atoms with van der Waals surface area (Å²) in [5.74, 6) is 0. The van der Waals surface area contributed by atoms with Gasteiger partial charge in [-0.05, 0) is 27.9 Å². The first-order valence-electron chi connectivity index (χ1n) is 6.45. The Balaban J connectivity index is 2.58. The first-order valence-corrected chi connectivity index (χ1v) is 6.45. The van der Waals surface area contributed by atoms with Crippen molar-refractivity contribution in [1.82, 2.24) is 9.80 Å². The first kappa shape index (κ1) is 14.3. The highest BCUT2D eigenvalue weighted by Crippen LogP contribution is 1.95. The van der Waals surface area contributed by atoms with Gasteiger partial charge in [0.15, 0.2) is 0 Å². The second-order valence-electron chi connectivity index (χ2n) is 5.02. The molecule has 0 radical (unpaired) electrons. The van der Waals surface area contributed by atoms with Gasteiger partial charge in [-0.25, -0.2) is 0 Å². The molecule has 0 aromatic rings. The summed E-state index contributed by atoms with van der Waals surface area (Å²) in [5.41, 5.74) is 2.40. The van der Waals surface area contributed by atoms with Crippen molar-refractivity contribution in [3.05, 3.63) is 0 Å². The van der Waals surface area contributed by atoms with Crippen molar-refractivity contribution in [1.29, 1.82) is 0 Å². The zero-order chi connectivity index (χ0) is 12.7. The molecule has 0 aromatic carbocycles. The normalized spacial score (nSPS) is 23.1. The quantitative estimate of drug-likeness (QED) is 0.634. The van der Waals surface area contributed by atoms with E-state index in [9.17, 15) is 0 Å². The van der Waals surface area contributed by atoms with Gasteiger partial charge in [-0.1, -0.05) is 0 Å². The van der Waals surface area contributed by atoms with E-state index in [-0.39, 0.29) is 0 Å². The molecule has 0 aliphatic carbocycles. The number of likely N-dealkylation sites (N-methyl/N-ethyl adjacent to an activating group) is 2. The summed E-state index contributed by atoms with van der Waals surface area (Å²) in [6.45, 7) is 10.3. The maximum absolute atomic E-state index is 4.59. The molecule has 0 N–H and O–H groups in total. The molecule has 1 aliphatic heterocycles. The van der Waals surface area contributed by atoms with Crippen LogP contribution in [0.2, 0.25) is 0 Å². The molecular formula is C13H26N4. The predicted octanol–water partition coefficient (Wildman–Crippen LogP) is 1.18. The minimum atomic E-state index is 0.902. The number of nitrogens with zero attached hydrogens (tertiary/aromatic N) is 4. The van der Waals surface area contributed by atoms with Gasteiger partial charge in [0.25, 0.3) is 0 Å². The highest BCUT2D eigenvalue weighted by molar-refractivity contribution is 6.02. The van der Waals surface area contributed by atoms with E-state index in [0.717, 1.165) is 45.7 Å². The van der Waals surface area contributed by atoms with Gasteiger partial charge in [-0.3, -0.25) is 9.98 Å². The highest BCUT2D eigenvalue weighted by Gasteiger charge is 2.03. The summed E-state index contributed by atoms with van der Waals surface area (Å²) >= 11 is 0. The van der Waals surface area contributed by atoms with Crippen molar-refractivity contribution in [2.24, 2.45) is 9.98 Å². The van der Waals surface area contributed by atoms with Gasteiger partial charge in [0.1, 0.15) is 0 Å². The van der Waals surface area contributed by atoms with Crippen molar-refractivity contribution in [3.8, 4) is 0 Å². The summed E-state index contributed by atoms with van der Waals surface area (Å²) in [4.78, 5) is 13.9. The summed E-state index contributed by atoms with van der Waals surface area (Å²) in [7, 11) is 4.33. The average Bonchev–Trinajstić information content (AvgIpc) is 2.26. The lowest BCUT2D eigenvalue weighted by Crippen LogP contribution is -2.33. The smallest absolute Gasteiger partial charge is 0.0516 e. The third kappa shape index (κ3) is 6.54. The molecule has 0 aromatic heterocycles. The van der Waals surface area contributed by atoms with E-state index in [4.69, 9.17) is 0 Å². The Hall–Kier alpha value is -0.740. The fourth-order valence-corrected chi connectivity index (χ4v) is 1.87. The number of rotatable bonds is 0. The molecule has 0 unspecified atom stereocenters. The lowest BCUT2D eigenvalue weighted by Gasteiger charge is -2.20. The van der Waals surface area contributed by atoms with E-state index in [1.807, 2.05) is 0 Å². The molecule has 4 nitrogen and oxygen atoms in total. The Morgan fingerprint density at radius 1 is 0.765 bits per heavy atom. The lowest BCUT2D eigenvalue weighted by atomic mass is 10.2. The van der Waals surface area contributed by atoms with E-state index in [2.05, 4.69) is 47.7 Å². The van der Waals surface area contributed by atoms with Crippen LogP contribution in [0.15, 0.2) is 9.98 Å². The van der Waals surface area contributed by atoms with E-state index in [1.165, 1.54) is 11.4 Å². The second-order valence-corrected chi connectivity index (χ2v) is 5.02. The molecule has 0 amide bonds. The van der Waals surface area contributed by atoms with Crippen LogP contribution >= 0.6 is 0 Å². The fraction of sp³-hybridized carbons (Fsp3) is 0.846. The predicted molar refractivity (Wildman–Crippen MR) is 75.6 cm³/mol. The summed E-state index contributed by atoms with van der Waals surface area (Å²) in [6, 6.07) is 0. The SMILES string of the molecule is CC1=NCCN(C)CCN(C)CCN=C(C)C1. The maximum atomic E-state index is 4.59. The molecule has 1 rings (SSSR count). The maximum Gasteiger partial charge on any atom is 0.0516 e. The molecule has 1 aliphatic rings. The van der Waals surface area contributed by atoms with Gasteiger partial charge in [0.2, 0.25) is 0 Å². The standard InChI is InChI=1S/C13H26N4/c1-12-11-13(2)15-6-8-17(4)10-9-16(3)7-5-14-12/h5-11H2,1-4H3. The Bertz CT molecular complexity index is 255. The molecule has 0 saturated heterocycles. The molecule has 0 atom stereocenters. The summed E-state index contributed by atoms with van der Waals surface area (Å²) < 4.78 is 0. The number of hydrogen-bond acceptors (Lipinski definition) is 4. The van der Waals surface area contributed by atoms with Crippen molar-refractivity contribution in [2.45, 2.75) is 20.3 Å². The molecule has 0 bridgehead atoms. The van der Waals surface area contributed by atoms with Crippen molar-refractivity contribution in [3.63, 3.8) is 0 Å². The van der Waals surface area contributed by atoms with Gasteiger partial charge in [-0.2, -0.15) is 0 Å². The topological polar surface area (TPSA) is 31.2 Å². The van der Waals surface area contributed by atoms with Crippen LogP contribution in [0.5, 0.6) is 0 Å². The molecule has 17 heavy (non-hydrogen) atoms. The average molecular weight is 238 g/mol. The first-order chi connectivity index (χ1) is 8.08. The Kier molecular flexibility index (Phi) is 6.37. The number of aliphatic imine (C=N–C) groups is 2. The van der Waals surface area contributed by atoms with Gasteiger partial charge in [-0.15, -0.1) is 0 Å². The van der Waals surface area contributed by atoms with Gasteiger partial charge in [0.05, 0.1) is 13.1 Å². The van der Waals surface area contributed by atoms with Crippen LogP contribution in [0, 0.1) is 0 Å². The zero-order valence-electron chi connectivity index (χ0n) is 11.7. The largest absolute Gasteiger partial charge is 0.303 e. The lowest BCUT2D eigenvalue weighted by molar-refractivity contribution is 0.264. The van der Waals surface area contributed by atoms with Crippen LogP contribution in [-0.2, 0) is 0 Å². The van der Waals surface area contributed by atoms with Crippen LogP contribution < -0.4 is 0 Å². The van der Waals surface area contributed by atoms with Crippen molar-refractivity contribution < 1.29 is 0 Å². The molecule has 0 saturated carbocycles. The van der Waals surface area contributed by atoms with E-state index < -0.39 is 0 Å². The summed E-state index contributed by atoms with van der Waals surface area (Å²) in [6.07, 6.45) is 0.924. The van der Waals surface area contributed by atoms with E-state index >= 15 is 0 Å². The van der Waals surface area contributed by atoms with Gasteiger partial charge < -0.3 is 9.80 Å². The van der Waals surface area contributed by atoms with Gasteiger partial charge >= 0.3 is 0 Å². The minimum absolute atomic E-state index is 0.902. The van der Waals surface area contributed by atoms with Gasteiger partial charge in [0, 0.05) is 44.0 Å². The molecular weight excluding hydrogens is 212 g/mol. The van der Waals surface area contributed by atoms with Crippen LogP contribution in [0.4, 0.5) is 0 Å². The molecule has 1 heterocycles. The highest BCUT2D eigenvalue weighted by atomic mass is 15.2. The number of hydrogen-bond donors (Lipinski definition) is 0. The van der Waals surface area contributed by atoms with Crippen molar-refractivity contribution in [2.75, 3.05) is 53.4 Å². The van der Waals surface area contributed by atoms with Crippen LogP contribution in [-0.4, -0.2) is 74.6 Å². The van der Waals surface area contributed by atoms with Crippen LogP contribution in [0.1, 0.15) is 20.3 Å². The van der Waals surface area contributed by atoms with Crippen LogP contribution in [0.25, 0.3) is 0 Å². The monoisotopic (exact) mass is 238 g/mol. The fourth-order valence-electron chi connectivity index (χ4n) is 1.87. The van der Waals surface area contributed by atoms with Crippen LogP contribution in [0.3, 0.4) is 0 Å². The Morgan fingerprint density at radius 2 is 1.18 bits per heavy atom.